The van der Waals surface area contributed by atoms with Crippen LogP contribution in [0, 0.1) is 6.92 Å². The van der Waals surface area contributed by atoms with E-state index in [9.17, 15) is 5.11 Å². The molecule has 0 saturated carbocycles. The van der Waals surface area contributed by atoms with Gasteiger partial charge in [-0.2, -0.15) is 0 Å². The molecule has 22 heavy (non-hydrogen) atoms. The Kier molecular flexibility index (Phi) is 6.25. The number of benzene rings is 2. The van der Waals surface area contributed by atoms with E-state index in [1.54, 1.807) is 0 Å². The highest BCUT2D eigenvalue weighted by atomic mass is 35.5. The summed E-state index contributed by atoms with van der Waals surface area (Å²) in [6.45, 7) is 4.94. The number of ether oxygens (including phenoxy) is 1. The number of nitrogens with two attached hydrogens (primary N) is 1. The fourth-order valence-electron chi connectivity index (χ4n) is 2.22. The minimum absolute atomic E-state index is 0.277. The monoisotopic (exact) mass is 320 g/mol. The summed E-state index contributed by atoms with van der Waals surface area (Å²) < 4.78 is 5.61. The predicted molar refractivity (Wildman–Crippen MR) is 89.3 cm³/mol. The standard InChI is InChI=1S/C18H22ClNO2/c1-13-10-17(8-9-18(13)19)22-12-16(21)11-20-14(2)15-6-4-3-5-7-15/h3-10,14,16,20-21H,11-12H2,1-2H3/p+1/t14-,16+/m1/s1. The molecule has 0 aliphatic rings. The molecule has 0 aliphatic heterocycles. The lowest BCUT2D eigenvalue weighted by Crippen LogP contribution is -2.87. The molecular weight excluding hydrogens is 298 g/mol. The Balaban J connectivity index is 1.76. The van der Waals surface area contributed by atoms with Crippen LogP contribution in [0.2, 0.25) is 5.02 Å². The lowest BCUT2D eigenvalue weighted by molar-refractivity contribution is -0.698. The Hall–Kier alpha value is -1.55. The molecule has 2 rings (SSSR count). The number of rotatable bonds is 7. The van der Waals surface area contributed by atoms with Crippen molar-refractivity contribution in [2.75, 3.05) is 13.2 Å². The molecule has 3 nitrogen and oxygen atoms in total. The van der Waals surface area contributed by atoms with E-state index >= 15 is 0 Å². The lowest BCUT2D eigenvalue weighted by atomic mass is 10.1. The first kappa shape index (κ1) is 16.8. The van der Waals surface area contributed by atoms with Gasteiger partial charge in [-0.15, -0.1) is 0 Å². The molecule has 3 N–H and O–H groups in total. The molecule has 2 aromatic carbocycles. The first-order chi connectivity index (χ1) is 10.6. The van der Waals surface area contributed by atoms with E-state index in [-0.39, 0.29) is 6.61 Å². The van der Waals surface area contributed by atoms with Crippen LogP contribution in [0.3, 0.4) is 0 Å². The molecule has 0 spiro atoms. The van der Waals surface area contributed by atoms with Crippen LogP contribution in [-0.4, -0.2) is 24.4 Å². The third-order valence-electron chi connectivity index (χ3n) is 3.66. The molecule has 0 aliphatic carbocycles. The predicted octanol–water partition coefficient (Wildman–Crippen LogP) is 2.71. The van der Waals surface area contributed by atoms with E-state index in [0.29, 0.717) is 12.6 Å². The van der Waals surface area contributed by atoms with Crippen molar-refractivity contribution in [2.24, 2.45) is 0 Å². The highest BCUT2D eigenvalue weighted by Gasteiger charge is 2.12. The van der Waals surface area contributed by atoms with E-state index in [1.165, 1.54) is 5.56 Å². The summed E-state index contributed by atoms with van der Waals surface area (Å²) in [5.41, 5.74) is 2.22. The molecule has 0 fully saturated rings. The van der Waals surface area contributed by atoms with Gasteiger partial charge in [-0.25, -0.2) is 0 Å². The van der Waals surface area contributed by atoms with Gasteiger partial charge in [-0.05, 0) is 37.6 Å². The number of aliphatic hydroxyl groups excluding tert-OH is 1. The van der Waals surface area contributed by atoms with Crippen LogP contribution in [0.15, 0.2) is 48.5 Å². The maximum absolute atomic E-state index is 10.0. The van der Waals surface area contributed by atoms with Crippen molar-refractivity contribution in [2.45, 2.75) is 26.0 Å². The zero-order valence-electron chi connectivity index (χ0n) is 13.0. The summed E-state index contributed by atoms with van der Waals surface area (Å²) in [5.74, 6) is 0.733. The minimum atomic E-state index is -0.512. The molecule has 4 heteroatoms. The van der Waals surface area contributed by atoms with Crippen molar-refractivity contribution in [3.8, 4) is 5.75 Å². The summed E-state index contributed by atoms with van der Waals surface area (Å²) in [7, 11) is 0. The maximum Gasteiger partial charge on any atom is 0.137 e. The van der Waals surface area contributed by atoms with Crippen molar-refractivity contribution in [3.63, 3.8) is 0 Å². The number of hydrogen-bond donors (Lipinski definition) is 2. The highest BCUT2D eigenvalue weighted by molar-refractivity contribution is 6.31. The van der Waals surface area contributed by atoms with E-state index in [1.807, 2.05) is 43.3 Å². The van der Waals surface area contributed by atoms with E-state index in [0.717, 1.165) is 16.3 Å². The SMILES string of the molecule is Cc1cc(OC[C@@H](O)C[NH2+][C@H](C)c2ccccc2)ccc1Cl. The number of halogens is 1. The van der Waals surface area contributed by atoms with Crippen LogP contribution >= 0.6 is 11.6 Å². The molecule has 0 aromatic heterocycles. The zero-order valence-corrected chi connectivity index (χ0v) is 13.8. The molecule has 0 bridgehead atoms. The number of quaternary nitrogens is 1. The van der Waals surface area contributed by atoms with E-state index in [4.69, 9.17) is 16.3 Å². The van der Waals surface area contributed by atoms with Gasteiger partial charge in [0.2, 0.25) is 0 Å². The largest absolute Gasteiger partial charge is 0.491 e. The van der Waals surface area contributed by atoms with Crippen LogP contribution in [0.4, 0.5) is 0 Å². The zero-order chi connectivity index (χ0) is 15.9. The highest BCUT2D eigenvalue weighted by Crippen LogP contribution is 2.21. The van der Waals surface area contributed by atoms with Gasteiger partial charge in [-0.3, -0.25) is 0 Å². The Labute approximate surface area is 136 Å². The second-order valence-electron chi connectivity index (χ2n) is 5.55. The second-order valence-corrected chi connectivity index (χ2v) is 5.95. The van der Waals surface area contributed by atoms with Crippen LogP contribution in [-0.2, 0) is 0 Å². The Morgan fingerprint density at radius 2 is 1.91 bits per heavy atom. The van der Waals surface area contributed by atoms with Gasteiger partial charge < -0.3 is 15.2 Å². The molecule has 0 unspecified atom stereocenters. The van der Waals surface area contributed by atoms with Crippen LogP contribution in [0.1, 0.15) is 24.1 Å². The maximum atomic E-state index is 10.0. The third kappa shape index (κ3) is 5.02. The average molecular weight is 321 g/mol. The lowest BCUT2D eigenvalue weighted by Gasteiger charge is -2.15. The Morgan fingerprint density at radius 3 is 2.59 bits per heavy atom. The summed E-state index contributed by atoms with van der Waals surface area (Å²) in [4.78, 5) is 0. The van der Waals surface area contributed by atoms with Crippen LogP contribution in [0.25, 0.3) is 0 Å². The average Bonchev–Trinajstić information content (AvgIpc) is 2.54. The smallest absolute Gasteiger partial charge is 0.137 e. The van der Waals surface area contributed by atoms with Crippen LogP contribution in [0.5, 0.6) is 5.75 Å². The van der Waals surface area contributed by atoms with E-state index < -0.39 is 6.10 Å². The molecule has 0 amide bonds. The van der Waals surface area contributed by atoms with Gasteiger partial charge in [0.05, 0.1) is 0 Å². The van der Waals surface area contributed by atoms with Gasteiger partial charge in [-0.1, -0.05) is 41.9 Å². The van der Waals surface area contributed by atoms with Gasteiger partial charge in [0.1, 0.15) is 31.0 Å². The molecule has 2 atom stereocenters. The molecule has 0 heterocycles. The van der Waals surface area contributed by atoms with Gasteiger partial charge in [0, 0.05) is 10.6 Å². The van der Waals surface area contributed by atoms with Crippen LogP contribution < -0.4 is 10.1 Å². The molecule has 0 saturated heterocycles. The summed E-state index contributed by atoms with van der Waals surface area (Å²) in [6, 6.07) is 16.1. The first-order valence-electron chi connectivity index (χ1n) is 7.51. The van der Waals surface area contributed by atoms with Gasteiger partial charge in [0.15, 0.2) is 0 Å². The number of hydrogen-bond acceptors (Lipinski definition) is 2. The molecular formula is C18H23ClNO2+. The number of aliphatic hydroxyl groups is 1. The fourth-order valence-corrected chi connectivity index (χ4v) is 2.34. The van der Waals surface area contributed by atoms with Gasteiger partial charge >= 0.3 is 0 Å². The van der Waals surface area contributed by atoms with Crippen molar-refractivity contribution in [1.82, 2.24) is 0 Å². The van der Waals surface area contributed by atoms with Crippen molar-refractivity contribution in [3.05, 3.63) is 64.7 Å². The molecule has 118 valence electrons. The first-order valence-corrected chi connectivity index (χ1v) is 7.89. The Bertz CT molecular complexity index is 589. The second kappa shape index (κ2) is 8.18. The van der Waals surface area contributed by atoms with Crippen molar-refractivity contribution in [1.29, 1.82) is 0 Å². The van der Waals surface area contributed by atoms with E-state index in [2.05, 4.69) is 24.4 Å². The molecule has 2 aromatic rings. The van der Waals surface area contributed by atoms with Crippen molar-refractivity contribution >= 4 is 11.6 Å². The summed E-state index contributed by atoms with van der Waals surface area (Å²) in [6.07, 6.45) is -0.512. The summed E-state index contributed by atoms with van der Waals surface area (Å²) >= 11 is 5.98. The van der Waals surface area contributed by atoms with Crippen molar-refractivity contribution < 1.29 is 15.2 Å². The Morgan fingerprint density at radius 1 is 1.18 bits per heavy atom. The minimum Gasteiger partial charge on any atom is -0.491 e. The normalized spacial score (nSPS) is 13.6. The quantitative estimate of drug-likeness (QED) is 0.824. The molecule has 0 radical (unpaired) electrons. The summed E-state index contributed by atoms with van der Waals surface area (Å²) in [5, 5.41) is 12.9. The topological polar surface area (TPSA) is 46.1 Å². The fraction of sp³-hybridized carbons (Fsp3) is 0.333. The number of aryl methyl sites for hydroxylation is 1. The van der Waals surface area contributed by atoms with Gasteiger partial charge in [0.25, 0.3) is 0 Å². The third-order valence-corrected chi connectivity index (χ3v) is 4.08.